The Bertz CT molecular complexity index is 669. The number of rotatable bonds is 2. The van der Waals surface area contributed by atoms with Crippen LogP contribution >= 0.6 is 0 Å². The Morgan fingerprint density at radius 3 is 2.44 bits per heavy atom. The van der Waals surface area contributed by atoms with Gasteiger partial charge in [-0.1, -0.05) is 6.07 Å². The van der Waals surface area contributed by atoms with Crippen LogP contribution in [0.1, 0.15) is 37.2 Å². The number of fused-ring (bicyclic) bond motifs is 2. The van der Waals surface area contributed by atoms with Gasteiger partial charge in [-0.25, -0.2) is 4.79 Å². The third-order valence-electron chi connectivity index (χ3n) is 6.05. The molecule has 4 rings (SSSR count). The Kier molecular flexibility index (Phi) is 4.52. The van der Waals surface area contributed by atoms with Crippen LogP contribution in [0.2, 0.25) is 0 Å². The van der Waals surface area contributed by atoms with Crippen molar-refractivity contribution in [1.82, 2.24) is 14.8 Å². The summed E-state index contributed by atoms with van der Waals surface area (Å²) < 4.78 is 5.58. The lowest BCUT2D eigenvalue weighted by molar-refractivity contribution is -0.0829. The highest BCUT2D eigenvalue weighted by molar-refractivity contribution is 5.66. The number of pyridine rings is 1. The van der Waals surface area contributed by atoms with Gasteiger partial charge in [-0.15, -0.1) is 0 Å². The number of piperidine rings is 2. The average molecular weight is 347 g/mol. The number of amides is 1. The molecule has 2 atom stereocenters. The number of nitrogens with one attached hydrogen (secondary N) is 1. The van der Waals surface area contributed by atoms with E-state index >= 15 is 0 Å². The SMILES string of the molecule is O=C(O)N1C2COCC1CC(N1CCC(c3ccc[nH]c3=O)CC1)C2. The lowest BCUT2D eigenvalue weighted by Crippen LogP contribution is -2.62. The van der Waals surface area contributed by atoms with Crippen molar-refractivity contribution in [2.24, 2.45) is 0 Å². The van der Waals surface area contributed by atoms with Crippen molar-refractivity contribution in [3.63, 3.8) is 0 Å². The van der Waals surface area contributed by atoms with E-state index < -0.39 is 6.09 Å². The van der Waals surface area contributed by atoms with Crippen molar-refractivity contribution in [3.05, 3.63) is 34.2 Å². The van der Waals surface area contributed by atoms with Crippen LogP contribution in [0.3, 0.4) is 0 Å². The van der Waals surface area contributed by atoms with E-state index in [4.69, 9.17) is 4.74 Å². The number of hydrogen-bond acceptors (Lipinski definition) is 4. The van der Waals surface area contributed by atoms with Crippen LogP contribution in [0.25, 0.3) is 0 Å². The van der Waals surface area contributed by atoms with E-state index in [2.05, 4.69) is 9.88 Å². The number of ether oxygens (including phenoxy) is 1. The maximum Gasteiger partial charge on any atom is 0.407 e. The van der Waals surface area contributed by atoms with Gasteiger partial charge >= 0.3 is 6.09 Å². The van der Waals surface area contributed by atoms with Crippen LogP contribution in [0.15, 0.2) is 23.1 Å². The summed E-state index contributed by atoms with van der Waals surface area (Å²) in [7, 11) is 0. The van der Waals surface area contributed by atoms with Crippen LogP contribution in [0.4, 0.5) is 4.79 Å². The molecule has 3 aliphatic rings. The van der Waals surface area contributed by atoms with Crippen LogP contribution in [-0.2, 0) is 4.74 Å². The van der Waals surface area contributed by atoms with E-state index in [1.165, 1.54) is 0 Å². The predicted octanol–water partition coefficient (Wildman–Crippen LogP) is 1.46. The van der Waals surface area contributed by atoms with Crippen molar-refractivity contribution in [3.8, 4) is 0 Å². The van der Waals surface area contributed by atoms with Crippen molar-refractivity contribution < 1.29 is 14.6 Å². The van der Waals surface area contributed by atoms with Gasteiger partial charge in [-0.05, 0) is 50.8 Å². The summed E-state index contributed by atoms with van der Waals surface area (Å²) in [6.45, 7) is 2.96. The minimum absolute atomic E-state index is 0.0234. The molecular formula is C18H25N3O4. The Morgan fingerprint density at radius 1 is 1.16 bits per heavy atom. The normalized spacial score (nSPS) is 31.0. The average Bonchev–Trinajstić information content (AvgIpc) is 2.61. The zero-order valence-corrected chi connectivity index (χ0v) is 14.3. The zero-order chi connectivity index (χ0) is 17.4. The van der Waals surface area contributed by atoms with Crippen LogP contribution in [0.5, 0.6) is 0 Å². The molecule has 0 aromatic carbocycles. The van der Waals surface area contributed by atoms with Gasteiger partial charge in [0.25, 0.3) is 5.56 Å². The van der Waals surface area contributed by atoms with E-state index in [1.54, 1.807) is 11.1 Å². The number of carboxylic acid groups (broad SMARTS) is 1. The van der Waals surface area contributed by atoms with Gasteiger partial charge in [0.2, 0.25) is 0 Å². The first-order valence-corrected chi connectivity index (χ1v) is 9.14. The topological polar surface area (TPSA) is 85.9 Å². The molecule has 0 spiro atoms. The molecule has 2 N–H and O–H groups in total. The second kappa shape index (κ2) is 6.80. The number of morpholine rings is 1. The molecule has 3 aliphatic heterocycles. The lowest BCUT2D eigenvalue weighted by Gasteiger charge is -2.50. The largest absolute Gasteiger partial charge is 0.465 e. The lowest BCUT2D eigenvalue weighted by atomic mass is 9.85. The van der Waals surface area contributed by atoms with Crippen LogP contribution < -0.4 is 5.56 Å². The highest BCUT2D eigenvalue weighted by Crippen LogP contribution is 2.34. The molecular weight excluding hydrogens is 322 g/mol. The van der Waals surface area contributed by atoms with Gasteiger partial charge < -0.3 is 19.7 Å². The number of hydrogen-bond donors (Lipinski definition) is 2. The molecule has 0 saturated carbocycles. The number of nitrogens with zero attached hydrogens (tertiary/aromatic N) is 2. The van der Waals surface area contributed by atoms with Crippen molar-refractivity contribution in [2.75, 3.05) is 26.3 Å². The first-order chi connectivity index (χ1) is 12.1. The van der Waals surface area contributed by atoms with Crippen LogP contribution in [0, 0.1) is 0 Å². The molecule has 2 bridgehead atoms. The molecule has 0 radical (unpaired) electrons. The highest BCUT2D eigenvalue weighted by atomic mass is 16.5. The summed E-state index contributed by atoms with van der Waals surface area (Å²) in [4.78, 5) is 30.4. The van der Waals surface area contributed by atoms with Crippen molar-refractivity contribution >= 4 is 6.09 Å². The first-order valence-electron chi connectivity index (χ1n) is 9.14. The van der Waals surface area contributed by atoms with E-state index in [9.17, 15) is 14.7 Å². The predicted molar refractivity (Wildman–Crippen MR) is 91.9 cm³/mol. The summed E-state index contributed by atoms with van der Waals surface area (Å²) in [5.41, 5.74) is 0.926. The summed E-state index contributed by atoms with van der Waals surface area (Å²) in [5, 5.41) is 9.45. The number of aromatic nitrogens is 1. The van der Waals surface area contributed by atoms with Gasteiger partial charge in [0.1, 0.15) is 0 Å². The molecule has 1 aromatic heterocycles. The summed E-state index contributed by atoms with van der Waals surface area (Å²) in [5.74, 6) is 0.322. The number of carbonyl (C=O) groups is 1. The minimum Gasteiger partial charge on any atom is -0.465 e. The van der Waals surface area contributed by atoms with Gasteiger partial charge in [0, 0.05) is 17.8 Å². The maximum absolute atomic E-state index is 12.0. The Balaban J connectivity index is 1.40. The van der Waals surface area contributed by atoms with Crippen molar-refractivity contribution in [2.45, 2.75) is 49.7 Å². The van der Waals surface area contributed by atoms with Gasteiger partial charge in [-0.3, -0.25) is 9.69 Å². The Morgan fingerprint density at radius 2 is 1.84 bits per heavy atom. The fourth-order valence-electron chi connectivity index (χ4n) is 4.83. The fourth-order valence-corrected chi connectivity index (χ4v) is 4.83. The third kappa shape index (κ3) is 3.18. The van der Waals surface area contributed by atoms with Gasteiger partial charge in [-0.2, -0.15) is 0 Å². The Hall–Kier alpha value is -1.86. The Labute approximate surface area is 146 Å². The van der Waals surface area contributed by atoms with E-state index in [0.717, 1.165) is 44.3 Å². The molecule has 1 aromatic rings. The number of H-pyrrole nitrogens is 1. The molecule has 3 saturated heterocycles. The number of likely N-dealkylation sites (tertiary alicyclic amines) is 1. The second-order valence-corrected chi connectivity index (χ2v) is 7.43. The molecule has 2 unspecified atom stereocenters. The van der Waals surface area contributed by atoms with E-state index in [1.807, 2.05) is 12.1 Å². The fraction of sp³-hybridized carbons (Fsp3) is 0.667. The number of aromatic amines is 1. The summed E-state index contributed by atoms with van der Waals surface area (Å²) in [6, 6.07) is 4.21. The molecule has 7 nitrogen and oxygen atoms in total. The molecule has 1 amide bonds. The van der Waals surface area contributed by atoms with Gasteiger partial charge in [0.15, 0.2) is 0 Å². The van der Waals surface area contributed by atoms with Crippen LogP contribution in [-0.4, -0.2) is 70.4 Å². The smallest absolute Gasteiger partial charge is 0.407 e. The molecule has 25 heavy (non-hydrogen) atoms. The van der Waals surface area contributed by atoms with E-state index in [0.29, 0.717) is 25.2 Å². The first kappa shape index (κ1) is 16.6. The molecule has 3 fully saturated rings. The highest BCUT2D eigenvalue weighted by Gasteiger charge is 2.43. The molecule has 136 valence electrons. The van der Waals surface area contributed by atoms with Crippen molar-refractivity contribution in [1.29, 1.82) is 0 Å². The molecule has 0 aliphatic carbocycles. The third-order valence-corrected chi connectivity index (χ3v) is 6.05. The molecule has 7 heteroatoms. The van der Waals surface area contributed by atoms with Gasteiger partial charge in [0.05, 0.1) is 25.3 Å². The second-order valence-electron chi connectivity index (χ2n) is 7.43. The summed E-state index contributed by atoms with van der Waals surface area (Å²) in [6.07, 6.45) is 4.52. The summed E-state index contributed by atoms with van der Waals surface area (Å²) >= 11 is 0. The quantitative estimate of drug-likeness (QED) is 0.846. The molecule has 4 heterocycles. The minimum atomic E-state index is -0.821. The standard InChI is InChI=1S/C18H25N3O4/c22-17-16(2-1-5-19-17)12-3-6-20(7-4-12)13-8-14-10-25-11-15(9-13)21(14)18(23)24/h1-2,5,12-15H,3-4,6-11H2,(H,19,22)(H,23,24). The zero-order valence-electron chi connectivity index (χ0n) is 14.3. The van der Waals surface area contributed by atoms with E-state index in [-0.39, 0.29) is 17.6 Å². The maximum atomic E-state index is 12.0. The monoisotopic (exact) mass is 347 g/mol.